The van der Waals surface area contributed by atoms with Gasteiger partial charge in [0.1, 0.15) is 0 Å². The van der Waals surface area contributed by atoms with E-state index in [0.29, 0.717) is 0 Å². The van der Waals surface area contributed by atoms with Crippen LogP contribution in [0.25, 0.3) is 0 Å². The fourth-order valence-electron chi connectivity index (χ4n) is 0. The van der Waals surface area contributed by atoms with Crippen LogP contribution in [0, 0.1) is 0 Å². The average molecular weight is 164 g/mol. The van der Waals surface area contributed by atoms with E-state index in [1.807, 2.05) is 0 Å². The molecule has 0 rings (SSSR count). The summed E-state index contributed by atoms with van der Waals surface area (Å²) in [5.41, 5.74) is 0. The molecule has 0 aromatic rings. The number of aliphatic hydroxyl groups is 3. The summed E-state index contributed by atoms with van der Waals surface area (Å²) in [5.74, 6) is 0. The fraction of sp³-hybridized carbons (Fsp3) is 1.00. The first-order valence-electron chi connectivity index (χ1n) is 1.34. The number of rotatable bonds is 0. The van der Waals surface area contributed by atoms with Crippen LogP contribution in [0.2, 0.25) is 0 Å². The predicted molar refractivity (Wildman–Crippen MR) is 26.4 cm³/mol. The molecule has 0 aliphatic rings. The number of aliphatic hydroxyl groups excluding tert-OH is 3. The number of hydrogen-bond acceptors (Lipinski definition) is 4. The fourth-order valence-corrected chi connectivity index (χ4v) is 0. The molecule has 5 heteroatoms. The minimum atomic E-state index is 0. The summed E-state index contributed by atoms with van der Waals surface area (Å²) in [5, 5.41) is 21.0. The molecule has 4 N–H and O–H groups in total. The van der Waals surface area contributed by atoms with Gasteiger partial charge in [0.2, 0.25) is 0 Å². The van der Waals surface area contributed by atoms with Crippen molar-refractivity contribution in [1.29, 1.82) is 0 Å². The van der Waals surface area contributed by atoms with E-state index in [2.05, 4.69) is 0 Å². The van der Waals surface area contributed by atoms with Crippen molar-refractivity contribution >= 4 is 0 Å². The van der Waals surface area contributed by atoms with Crippen molar-refractivity contribution in [3.63, 3.8) is 0 Å². The molecule has 0 aliphatic carbocycles. The standard InChI is InChI=1S/3CH4O.H2O.V/c3*1-2;;/h3*2H,1H3;1H2;/p-1. The van der Waals surface area contributed by atoms with Gasteiger partial charge in [0, 0.05) is 39.9 Å². The SMILES string of the molecule is CO.CO.CO.[OH-].[V]. The quantitative estimate of drug-likeness (QED) is 0.412. The molecule has 0 amide bonds. The predicted octanol–water partition coefficient (Wildman–Crippen LogP) is -1.35. The van der Waals surface area contributed by atoms with Gasteiger partial charge < -0.3 is 20.8 Å². The molecule has 1 radical (unpaired) electrons. The van der Waals surface area contributed by atoms with Crippen molar-refractivity contribution in [2.45, 2.75) is 0 Å². The third kappa shape index (κ3) is 1050. The van der Waals surface area contributed by atoms with Crippen molar-refractivity contribution in [1.82, 2.24) is 0 Å². The zero-order valence-corrected chi connectivity index (χ0v) is 6.63. The summed E-state index contributed by atoms with van der Waals surface area (Å²) in [7, 11) is 3.00. The van der Waals surface area contributed by atoms with E-state index in [4.69, 9.17) is 15.3 Å². The summed E-state index contributed by atoms with van der Waals surface area (Å²) in [6, 6.07) is 0. The van der Waals surface area contributed by atoms with E-state index >= 15 is 0 Å². The van der Waals surface area contributed by atoms with Crippen molar-refractivity contribution < 1.29 is 39.4 Å². The molecular weight excluding hydrogens is 151 g/mol. The zero-order chi connectivity index (χ0) is 6.00. The first-order chi connectivity index (χ1) is 3.00. The first-order valence-corrected chi connectivity index (χ1v) is 1.34. The summed E-state index contributed by atoms with van der Waals surface area (Å²) < 4.78 is 0. The smallest absolute Gasteiger partial charge is 0.0319 e. The molecular formula is C3H13O4V-. The second-order valence-electron chi connectivity index (χ2n) is 0. The van der Waals surface area contributed by atoms with Gasteiger partial charge in [-0.3, -0.25) is 0 Å². The van der Waals surface area contributed by atoms with Crippen LogP contribution in [0.1, 0.15) is 0 Å². The van der Waals surface area contributed by atoms with Crippen LogP contribution in [0.15, 0.2) is 0 Å². The van der Waals surface area contributed by atoms with Gasteiger partial charge in [0.15, 0.2) is 0 Å². The summed E-state index contributed by atoms with van der Waals surface area (Å²) >= 11 is 0. The second kappa shape index (κ2) is 1700. The Kier molecular flexibility index (Phi) is 8420. The largest absolute Gasteiger partial charge is 0.870 e. The molecule has 0 spiro atoms. The molecule has 0 bridgehead atoms. The normalized spacial score (nSPS) is 2.25. The average Bonchev–Trinajstić information content (AvgIpc) is 1.81. The van der Waals surface area contributed by atoms with Gasteiger partial charge in [-0.1, -0.05) is 0 Å². The van der Waals surface area contributed by atoms with Crippen molar-refractivity contribution in [2.24, 2.45) is 0 Å². The molecule has 0 unspecified atom stereocenters. The Labute approximate surface area is 61.4 Å². The van der Waals surface area contributed by atoms with Gasteiger partial charge in [0.25, 0.3) is 0 Å². The van der Waals surface area contributed by atoms with Crippen LogP contribution in [0.4, 0.5) is 0 Å². The minimum Gasteiger partial charge on any atom is -0.870 e. The topological polar surface area (TPSA) is 90.7 Å². The van der Waals surface area contributed by atoms with Gasteiger partial charge in [0.05, 0.1) is 0 Å². The molecule has 0 fully saturated rings. The van der Waals surface area contributed by atoms with Crippen LogP contribution < -0.4 is 0 Å². The summed E-state index contributed by atoms with van der Waals surface area (Å²) in [6.07, 6.45) is 0. The summed E-state index contributed by atoms with van der Waals surface area (Å²) in [6.45, 7) is 0. The van der Waals surface area contributed by atoms with E-state index < -0.39 is 0 Å². The van der Waals surface area contributed by atoms with E-state index in [0.717, 1.165) is 21.3 Å². The minimum absolute atomic E-state index is 0. The third-order valence-corrected chi connectivity index (χ3v) is 0. The molecule has 0 saturated carbocycles. The molecule has 8 heavy (non-hydrogen) atoms. The Hall–Kier alpha value is 0.424. The molecule has 55 valence electrons. The van der Waals surface area contributed by atoms with Crippen molar-refractivity contribution in [3.8, 4) is 0 Å². The molecule has 4 nitrogen and oxygen atoms in total. The summed E-state index contributed by atoms with van der Waals surface area (Å²) in [4.78, 5) is 0. The van der Waals surface area contributed by atoms with Crippen LogP contribution in [-0.2, 0) is 18.6 Å². The molecule has 0 aromatic carbocycles. The van der Waals surface area contributed by atoms with Crippen LogP contribution in [-0.4, -0.2) is 42.1 Å². The maximum atomic E-state index is 7.00. The van der Waals surface area contributed by atoms with Crippen LogP contribution >= 0.6 is 0 Å². The zero-order valence-electron chi connectivity index (χ0n) is 5.24. The molecule has 0 aromatic heterocycles. The van der Waals surface area contributed by atoms with Gasteiger partial charge in [-0.15, -0.1) is 0 Å². The second-order valence-corrected chi connectivity index (χ2v) is 0. The van der Waals surface area contributed by atoms with Gasteiger partial charge in [-0.05, 0) is 0 Å². The Morgan fingerprint density at radius 2 is 0.625 bits per heavy atom. The van der Waals surface area contributed by atoms with Gasteiger partial charge in [-0.2, -0.15) is 0 Å². The molecule has 0 heterocycles. The van der Waals surface area contributed by atoms with E-state index in [-0.39, 0.29) is 24.0 Å². The van der Waals surface area contributed by atoms with Crippen LogP contribution in [0.3, 0.4) is 0 Å². The van der Waals surface area contributed by atoms with E-state index in [9.17, 15) is 0 Å². The monoisotopic (exact) mass is 164 g/mol. The van der Waals surface area contributed by atoms with Crippen molar-refractivity contribution in [3.05, 3.63) is 0 Å². The van der Waals surface area contributed by atoms with Crippen LogP contribution in [0.5, 0.6) is 0 Å². The third-order valence-electron chi connectivity index (χ3n) is 0. The maximum absolute atomic E-state index is 7.00. The first kappa shape index (κ1) is 39.6. The Balaban J connectivity index is -0.00000000500. The Morgan fingerprint density at radius 1 is 0.625 bits per heavy atom. The van der Waals surface area contributed by atoms with E-state index in [1.54, 1.807) is 0 Å². The Morgan fingerprint density at radius 3 is 0.625 bits per heavy atom. The Bertz CT molecular complexity index is 11.2. The number of hydrogen-bond donors (Lipinski definition) is 3. The molecule has 0 atom stereocenters. The maximum Gasteiger partial charge on any atom is 0.0319 e. The van der Waals surface area contributed by atoms with E-state index in [1.165, 1.54) is 0 Å². The molecule has 0 aliphatic heterocycles. The van der Waals surface area contributed by atoms with Gasteiger partial charge in [-0.25, -0.2) is 0 Å². The molecule has 0 saturated heterocycles. The van der Waals surface area contributed by atoms with Gasteiger partial charge >= 0.3 is 0 Å². The van der Waals surface area contributed by atoms with Crippen molar-refractivity contribution in [2.75, 3.05) is 21.3 Å².